The number of nitrogens with two attached hydrogens (primary N) is 1. The van der Waals surface area contributed by atoms with Gasteiger partial charge in [0.2, 0.25) is 0 Å². The lowest BCUT2D eigenvalue weighted by molar-refractivity contribution is 1.27. The number of aryl methyl sites for hydroxylation is 1. The van der Waals surface area contributed by atoms with E-state index in [4.69, 9.17) is 5.73 Å². The minimum atomic E-state index is 0.818. The second-order valence-electron chi connectivity index (χ2n) is 5.76. The van der Waals surface area contributed by atoms with E-state index in [1.54, 1.807) is 0 Å². The van der Waals surface area contributed by atoms with E-state index < -0.39 is 0 Å². The average Bonchev–Trinajstić information content (AvgIpc) is 2.60. The Morgan fingerprint density at radius 2 is 1.52 bits per heavy atom. The molecule has 0 radical (unpaired) electrons. The molecule has 0 amide bonds. The van der Waals surface area contributed by atoms with Crippen molar-refractivity contribution in [1.29, 1.82) is 0 Å². The molecule has 0 saturated carbocycles. The number of rotatable bonds is 4. The Hall–Kier alpha value is -2.80. The predicted molar refractivity (Wildman–Crippen MR) is 99.3 cm³/mol. The Morgan fingerprint density at radius 3 is 2.22 bits per heavy atom. The maximum Gasteiger partial charge on any atom is 0.0394 e. The van der Waals surface area contributed by atoms with Crippen LogP contribution in [0.2, 0.25) is 0 Å². The molecule has 23 heavy (non-hydrogen) atoms. The summed E-state index contributed by atoms with van der Waals surface area (Å²) in [5, 5.41) is 0. The highest BCUT2D eigenvalue weighted by atomic mass is 14.6. The van der Waals surface area contributed by atoms with Gasteiger partial charge in [-0.25, -0.2) is 0 Å². The summed E-state index contributed by atoms with van der Waals surface area (Å²) in [5.41, 5.74) is 13.1. The molecule has 0 aliphatic carbocycles. The number of nitrogen functional groups attached to an aromatic ring is 1. The molecule has 0 aromatic heterocycles. The van der Waals surface area contributed by atoms with Crippen LogP contribution in [0.15, 0.2) is 84.9 Å². The van der Waals surface area contributed by atoms with Gasteiger partial charge < -0.3 is 5.73 Å². The summed E-state index contributed by atoms with van der Waals surface area (Å²) in [6.45, 7) is 2.10. The fraction of sp³-hybridized carbons (Fsp3) is 0.0909. The molecule has 3 aromatic carbocycles. The topological polar surface area (TPSA) is 26.0 Å². The summed E-state index contributed by atoms with van der Waals surface area (Å²) in [4.78, 5) is 0. The van der Waals surface area contributed by atoms with Gasteiger partial charge in [0.05, 0.1) is 0 Å². The van der Waals surface area contributed by atoms with E-state index in [1.807, 2.05) is 18.2 Å². The Balaban J connectivity index is 2.05. The first-order valence-corrected chi connectivity index (χ1v) is 7.90. The van der Waals surface area contributed by atoms with Gasteiger partial charge in [0.1, 0.15) is 0 Å². The highest BCUT2D eigenvalue weighted by molar-refractivity contribution is 5.85. The predicted octanol–water partition coefficient (Wildman–Crippen LogP) is 5.25. The highest BCUT2D eigenvalue weighted by Crippen LogP contribution is 2.29. The van der Waals surface area contributed by atoms with E-state index in [2.05, 4.69) is 73.7 Å². The number of anilines is 1. The molecule has 0 atom stereocenters. The van der Waals surface area contributed by atoms with Crippen LogP contribution in [0.25, 0.3) is 5.57 Å². The molecular formula is C22H21N. The summed E-state index contributed by atoms with van der Waals surface area (Å²) in [5.74, 6) is 0. The van der Waals surface area contributed by atoms with Crippen LogP contribution in [0.4, 0.5) is 5.69 Å². The van der Waals surface area contributed by atoms with E-state index in [-0.39, 0.29) is 0 Å². The summed E-state index contributed by atoms with van der Waals surface area (Å²) >= 11 is 0. The van der Waals surface area contributed by atoms with Crippen molar-refractivity contribution in [2.24, 2.45) is 0 Å². The minimum Gasteiger partial charge on any atom is -0.398 e. The van der Waals surface area contributed by atoms with Crippen molar-refractivity contribution in [1.82, 2.24) is 0 Å². The van der Waals surface area contributed by atoms with Crippen LogP contribution in [-0.2, 0) is 6.42 Å². The summed E-state index contributed by atoms with van der Waals surface area (Å²) in [6, 6.07) is 27.2. The van der Waals surface area contributed by atoms with Gasteiger partial charge in [-0.3, -0.25) is 0 Å². The summed E-state index contributed by atoms with van der Waals surface area (Å²) in [6.07, 6.45) is 3.16. The van der Waals surface area contributed by atoms with Gasteiger partial charge in [-0.15, -0.1) is 0 Å². The number of allylic oxidation sites excluding steroid dienone is 1. The summed E-state index contributed by atoms with van der Waals surface area (Å²) < 4.78 is 0. The molecule has 0 aliphatic heterocycles. The molecule has 0 fully saturated rings. The molecule has 3 aromatic rings. The molecule has 0 heterocycles. The second kappa shape index (κ2) is 6.97. The van der Waals surface area contributed by atoms with Crippen molar-refractivity contribution in [2.75, 3.05) is 5.73 Å². The smallest absolute Gasteiger partial charge is 0.0394 e. The van der Waals surface area contributed by atoms with Gasteiger partial charge in [0.25, 0.3) is 0 Å². The molecule has 1 nitrogen and oxygen atoms in total. The zero-order chi connectivity index (χ0) is 16.1. The van der Waals surface area contributed by atoms with Crippen LogP contribution >= 0.6 is 0 Å². The molecule has 0 bridgehead atoms. The van der Waals surface area contributed by atoms with Gasteiger partial charge >= 0.3 is 0 Å². The van der Waals surface area contributed by atoms with Gasteiger partial charge in [0, 0.05) is 11.3 Å². The Bertz CT molecular complexity index is 802. The molecular weight excluding hydrogens is 278 g/mol. The molecule has 1 heteroatoms. The Morgan fingerprint density at radius 1 is 0.870 bits per heavy atom. The van der Waals surface area contributed by atoms with Crippen LogP contribution in [0, 0.1) is 6.92 Å². The SMILES string of the molecule is Cc1ccc(N)c(/C(=C/Cc2ccccc2)c2ccccc2)c1. The monoisotopic (exact) mass is 299 g/mol. The third kappa shape index (κ3) is 3.70. The van der Waals surface area contributed by atoms with Gasteiger partial charge in [-0.05, 0) is 42.2 Å². The molecule has 0 saturated heterocycles. The normalized spacial score (nSPS) is 11.4. The Labute approximate surface area is 138 Å². The molecule has 0 spiro atoms. The second-order valence-corrected chi connectivity index (χ2v) is 5.76. The highest BCUT2D eigenvalue weighted by Gasteiger charge is 2.08. The van der Waals surface area contributed by atoms with Crippen molar-refractivity contribution >= 4 is 11.3 Å². The standard InChI is InChI=1S/C22H21N/c1-17-12-15-22(23)21(16-17)20(19-10-6-3-7-11-19)14-13-18-8-4-2-5-9-18/h2-12,14-16H,13,23H2,1H3/b20-14+. The minimum absolute atomic E-state index is 0.818. The van der Waals surface area contributed by atoms with E-state index in [1.165, 1.54) is 22.3 Å². The molecule has 2 N–H and O–H groups in total. The first kappa shape index (κ1) is 15.1. The van der Waals surface area contributed by atoms with Crippen molar-refractivity contribution < 1.29 is 0 Å². The van der Waals surface area contributed by atoms with Gasteiger partial charge in [-0.2, -0.15) is 0 Å². The lowest BCUT2D eigenvalue weighted by atomic mass is 9.93. The number of hydrogen-bond donors (Lipinski definition) is 1. The fourth-order valence-electron chi connectivity index (χ4n) is 2.74. The third-order valence-electron chi connectivity index (χ3n) is 3.97. The van der Waals surface area contributed by atoms with E-state index in [0.717, 1.165) is 17.7 Å². The van der Waals surface area contributed by atoms with Crippen molar-refractivity contribution in [2.45, 2.75) is 13.3 Å². The van der Waals surface area contributed by atoms with Crippen LogP contribution in [0.3, 0.4) is 0 Å². The first-order valence-electron chi connectivity index (χ1n) is 7.90. The van der Waals surface area contributed by atoms with Gasteiger partial charge in [0.15, 0.2) is 0 Å². The maximum atomic E-state index is 6.26. The quantitative estimate of drug-likeness (QED) is 0.654. The third-order valence-corrected chi connectivity index (χ3v) is 3.97. The van der Waals surface area contributed by atoms with E-state index in [0.29, 0.717) is 0 Å². The average molecular weight is 299 g/mol. The largest absolute Gasteiger partial charge is 0.398 e. The zero-order valence-corrected chi connectivity index (χ0v) is 13.4. The van der Waals surface area contributed by atoms with Crippen LogP contribution in [-0.4, -0.2) is 0 Å². The maximum absolute atomic E-state index is 6.26. The Kier molecular flexibility index (Phi) is 4.58. The summed E-state index contributed by atoms with van der Waals surface area (Å²) in [7, 11) is 0. The fourth-order valence-corrected chi connectivity index (χ4v) is 2.74. The van der Waals surface area contributed by atoms with E-state index >= 15 is 0 Å². The van der Waals surface area contributed by atoms with Crippen LogP contribution < -0.4 is 5.73 Å². The zero-order valence-electron chi connectivity index (χ0n) is 13.4. The molecule has 0 aliphatic rings. The van der Waals surface area contributed by atoms with Gasteiger partial charge in [-0.1, -0.05) is 78.4 Å². The first-order chi connectivity index (χ1) is 11.2. The van der Waals surface area contributed by atoms with Crippen molar-refractivity contribution in [3.05, 3.63) is 107 Å². The number of hydrogen-bond acceptors (Lipinski definition) is 1. The van der Waals surface area contributed by atoms with E-state index in [9.17, 15) is 0 Å². The lowest BCUT2D eigenvalue weighted by Crippen LogP contribution is -1.97. The lowest BCUT2D eigenvalue weighted by Gasteiger charge is -2.13. The van der Waals surface area contributed by atoms with Crippen molar-refractivity contribution in [3.63, 3.8) is 0 Å². The van der Waals surface area contributed by atoms with Crippen molar-refractivity contribution in [3.8, 4) is 0 Å². The van der Waals surface area contributed by atoms with Crippen LogP contribution in [0.1, 0.15) is 22.3 Å². The van der Waals surface area contributed by atoms with Crippen LogP contribution in [0.5, 0.6) is 0 Å². The molecule has 0 unspecified atom stereocenters. The number of benzene rings is 3. The molecule has 114 valence electrons. The molecule has 3 rings (SSSR count).